The summed E-state index contributed by atoms with van der Waals surface area (Å²) in [5, 5.41) is 10.1. The second-order valence-corrected chi connectivity index (χ2v) is 4.12. The molecule has 4 heteroatoms. The number of nitrogens with zero attached hydrogens (tertiary/aromatic N) is 3. The molecule has 1 rings (SSSR count). The van der Waals surface area contributed by atoms with Gasteiger partial charge in [-0.2, -0.15) is 0 Å². The third-order valence-corrected chi connectivity index (χ3v) is 2.72. The Labute approximate surface area is 84.6 Å². The van der Waals surface area contributed by atoms with Gasteiger partial charge < -0.3 is 10.0 Å². The van der Waals surface area contributed by atoms with Crippen LogP contribution < -0.4 is 0 Å². The van der Waals surface area contributed by atoms with Crippen molar-refractivity contribution in [2.24, 2.45) is 0 Å². The van der Waals surface area contributed by atoms with Crippen LogP contribution in [0.3, 0.4) is 0 Å². The van der Waals surface area contributed by atoms with E-state index in [-0.39, 0.29) is 5.54 Å². The zero-order valence-electron chi connectivity index (χ0n) is 9.10. The Morgan fingerprint density at radius 3 is 2.21 bits per heavy atom. The van der Waals surface area contributed by atoms with Gasteiger partial charge in [0.25, 0.3) is 0 Å². The molecule has 1 N–H and O–H groups in total. The molecule has 0 saturated carbocycles. The maximum Gasteiger partial charge on any atom is 0.115 e. The van der Waals surface area contributed by atoms with Crippen molar-refractivity contribution >= 4 is 0 Å². The molecule has 14 heavy (non-hydrogen) atoms. The predicted octanol–water partition coefficient (Wildman–Crippen LogP) is 0.850. The molecule has 0 aromatic carbocycles. The van der Waals surface area contributed by atoms with E-state index < -0.39 is 6.10 Å². The van der Waals surface area contributed by atoms with Crippen molar-refractivity contribution in [3.63, 3.8) is 0 Å². The van der Waals surface area contributed by atoms with Crippen molar-refractivity contribution in [1.29, 1.82) is 0 Å². The van der Waals surface area contributed by atoms with Crippen LogP contribution in [0.1, 0.15) is 25.5 Å². The lowest BCUT2D eigenvalue weighted by molar-refractivity contribution is 0.0160. The lowest BCUT2D eigenvalue weighted by Gasteiger charge is -2.36. The van der Waals surface area contributed by atoms with E-state index in [1.54, 1.807) is 12.4 Å². The van der Waals surface area contributed by atoms with Gasteiger partial charge in [0.05, 0.1) is 6.10 Å². The molecule has 0 aliphatic rings. The standard InChI is InChI=1S/C10H17N3O/c1-10(2,13(3)4)9(14)8-5-11-7-12-6-8/h5-7,9,14H,1-4H3. The molecule has 0 amide bonds. The number of likely N-dealkylation sites (N-methyl/N-ethyl adjacent to an activating group) is 1. The smallest absolute Gasteiger partial charge is 0.115 e. The summed E-state index contributed by atoms with van der Waals surface area (Å²) in [5.41, 5.74) is 0.413. The molecule has 1 atom stereocenters. The van der Waals surface area contributed by atoms with Gasteiger partial charge in [0.1, 0.15) is 6.33 Å². The molecule has 1 unspecified atom stereocenters. The first-order valence-corrected chi connectivity index (χ1v) is 4.56. The second kappa shape index (κ2) is 4.02. The molecule has 0 bridgehead atoms. The Morgan fingerprint density at radius 1 is 1.29 bits per heavy atom. The number of aliphatic hydroxyl groups excluding tert-OH is 1. The third-order valence-electron chi connectivity index (χ3n) is 2.72. The van der Waals surface area contributed by atoms with E-state index in [1.807, 2.05) is 32.8 Å². The van der Waals surface area contributed by atoms with E-state index in [0.29, 0.717) is 0 Å². The van der Waals surface area contributed by atoms with Crippen LogP contribution in [0.5, 0.6) is 0 Å². The fraction of sp³-hybridized carbons (Fsp3) is 0.600. The van der Waals surface area contributed by atoms with Gasteiger partial charge in [0, 0.05) is 23.5 Å². The Morgan fingerprint density at radius 2 is 1.79 bits per heavy atom. The quantitative estimate of drug-likeness (QED) is 0.776. The van der Waals surface area contributed by atoms with Crippen molar-refractivity contribution in [2.75, 3.05) is 14.1 Å². The normalized spacial score (nSPS) is 14.4. The molecule has 0 radical (unpaired) electrons. The zero-order valence-corrected chi connectivity index (χ0v) is 9.10. The molecule has 0 spiro atoms. The Kier molecular flexibility index (Phi) is 3.18. The highest BCUT2D eigenvalue weighted by Gasteiger charge is 2.31. The average Bonchev–Trinajstić information content (AvgIpc) is 2.17. The molecule has 0 aliphatic carbocycles. The Balaban J connectivity index is 2.90. The molecule has 0 saturated heterocycles. The summed E-state index contributed by atoms with van der Waals surface area (Å²) in [5.74, 6) is 0. The molecule has 4 nitrogen and oxygen atoms in total. The number of aliphatic hydroxyl groups is 1. The highest BCUT2D eigenvalue weighted by molar-refractivity contribution is 5.12. The summed E-state index contributed by atoms with van der Waals surface area (Å²) in [6.07, 6.45) is 4.16. The average molecular weight is 195 g/mol. The summed E-state index contributed by atoms with van der Waals surface area (Å²) in [7, 11) is 3.88. The van der Waals surface area contributed by atoms with Crippen LogP contribution in [0.2, 0.25) is 0 Å². The van der Waals surface area contributed by atoms with Crippen LogP contribution in [0.15, 0.2) is 18.7 Å². The van der Waals surface area contributed by atoms with Crippen molar-refractivity contribution in [1.82, 2.24) is 14.9 Å². The van der Waals surface area contributed by atoms with Crippen LogP contribution in [0, 0.1) is 0 Å². The van der Waals surface area contributed by atoms with Crippen LogP contribution in [0.25, 0.3) is 0 Å². The van der Waals surface area contributed by atoms with Gasteiger partial charge in [-0.25, -0.2) is 9.97 Å². The Bertz CT molecular complexity index is 285. The first-order valence-electron chi connectivity index (χ1n) is 4.56. The van der Waals surface area contributed by atoms with E-state index in [0.717, 1.165) is 5.56 Å². The summed E-state index contributed by atoms with van der Waals surface area (Å²) in [6.45, 7) is 3.95. The lowest BCUT2D eigenvalue weighted by atomic mass is 9.92. The van der Waals surface area contributed by atoms with E-state index in [2.05, 4.69) is 9.97 Å². The van der Waals surface area contributed by atoms with Gasteiger partial charge in [-0.15, -0.1) is 0 Å². The van der Waals surface area contributed by atoms with E-state index >= 15 is 0 Å². The predicted molar refractivity (Wildman–Crippen MR) is 54.8 cm³/mol. The number of hydrogen-bond donors (Lipinski definition) is 1. The molecular formula is C10H17N3O. The Hall–Kier alpha value is -1.00. The highest BCUT2D eigenvalue weighted by Crippen LogP contribution is 2.27. The summed E-state index contributed by atoms with van der Waals surface area (Å²) >= 11 is 0. The minimum atomic E-state index is -0.585. The fourth-order valence-electron chi connectivity index (χ4n) is 1.10. The van der Waals surface area contributed by atoms with E-state index in [9.17, 15) is 5.11 Å². The van der Waals surface area contributed by atoms with Crippen LogP contribution in [-0.2, 0) is 0 Å². The van der Waals surface area contributed by atoms with Crippen LogP contribution in [-0.4, -0.2) is 39.6 Å². The molecular weight excluding hydrogens is 178 g/mol. The van der Waals surface area contributed by atoms with E-state index in [1.165, 1.54) is 6.33 Å². The lowest BCUT2D eigenvalue weighted by Crippen LogP contribution is -2.43. The van der Waals surface area contributed by atoms with E-state index in [4.69, 9.17) is 0 Å². The zero-order chi connectivity index (χ0) is 10.8. The molecule has 1 heterocycles. The van der Waals surface area contributed by atoms with Gasteiger partial charge in [0.15, 0.2) is 0 Å². The number of aromatic nitrogens is 2. The maximum absolute atomic E-state index is 10.1. The summed E-state index contributed by atoms with van der Waals surface area (Å²) < 4.78 is 0. The van der Waals surface area contributed by atoms with Gasteiger partial charge >= 0.3 is 0 Å². The van der Waals surface area contributed by atoms with Crippen LogP contribution in [0.4, 0.5) is 0 Å². The van der Waals surface area contributed by atoms with Gasteiger partial charge in [-0.05, 0) is 27.9 Å². The topological polar surface area (TPSA) is 49.2 Å². The van der Waals surface area contributed by atoms with Crippen molar-refractivity contribution in [2.45, 2.75) is 25.5 Å². The largest absolute Gasteiger partial charge is 0.386 e. The van der Waals surface area contributed by atoms with Crippen molar-refractivity contribution in [3.8, 4) is 0 Å². The highest BCUT2D eigenvalue weighted by atomic mass is 16.3. The summed E-state index contributed by atoms with van der Waals surface area (Å²) in [6, 6.07) is 0. The third kappa shape index (κ3) is 2.08. The summed E-state index contributed by atoms with van der Waals surface area (Å²) in [4.78, 5) is 9.75. The van der Waals surface area contributed by atoms with Gasteiger partial charge in [0.2, 0.25) is 0 Å². The minimum Gasteiger partial charge on any atom is -0.386 e. The maximum atomic E-state index is 10.1. The number of rotatable bonds is 3. The van der Waals surface area contributed by atoms with Crippen molar-refractivity contribution in [3.05, 3.63) is 24.3 Å². The molecule has 1 aromatic heterocycles. The first kappa shape index (κ1) is 11.1. The number of hydrogen-bond acceptors (Lipinski definition) is 4. The SMILES string of the molecule is CN(C)C(C)(C)C(O)c1cncnc1. The molecule has 0 aliphatic heterocycles. The minimum absolute atomic E-state index is 0.329. The van der Waals surface area contributed by atoms with Gasteiger partial charge in [-0.3, -0.25) is 0 Å². The van der Waals surface area contributed by atoms with Gasteiger partial charge in [-0.1, -0.05) is 0 Å². The molecule has 0 fully saturated rings. The fourth-order valence-corrected chi connectivity index (χ4v) is 1.10. The van der Waals surface area contributed by atoms with Crippen molar-refractivity contribution < 1.29 is 5.11 Å². The second-order valence-electron chi connectivity index (χ2n) is 4.12. The van der Waals surface area contributed by atoms with Crippen LogP contribution >= 0.6 is 0 Å². The monoisotopic (exact) mass is 195 g/mol. The molecule has 78 valence electrons. The first-order chi connectivity index (χ1) is 6.46. The molecule has 1 aromatic rings.